The highest BCUT2D eigenvalue weighted by molar-refractivity contribution is 7.99. The van der Waals surface area contributed by atoms with E-state index in [1.807, 2.05) is 95.6 Å². The summed E-state index contributed by atoms with van der Waals surface area (Å²) in [4.78, 5) is 12.5. The third-order valence-corrected chi connectivity index (χ3v) is 6.16. The Hall–Kier alpha value is -4.23. The van der Waals surface area contributed by atoms with Crippen molar-refractivity contribution in [3.05, 3.63) is 109 Å². The van der Waals surface area contributed by atoms with E-state index in [0.29, 0.717) is 5.16 Å². The van der Waals surface area contributed by atoms with E-state index < -0.39 is 0 Å². The summed E-state index contributed by atoms with van der Waals surface area (Å²) in [6.45, 7) is 0. The molecule has 1 aromatic heterocycles. The molecule has 0 radical (unpaired) electrons. The van der Waals surface area contributed by atoms with Gasteiger partial charge in [0.1, 0.15) is 0 Å². The standard InChI is InChI=1S/C27H21N5OS/c33-25(29-28-18-22-14-9-13-20-10-7-8-17-24(20)22)19-34-27-31-30-26(21-11-3-1-4-12-21)32(27)23-15-5-2-6-16-23/h1-18H,19H2,(H,29,33). The van der Waals surface area contributed by atoms with Crippen molar-refractivity contribution < 1.29 is 4.79 Å². The molecule has 4 aromatic carbocycles. The molecule has 166 valence electrons. The van der Waals surface area contributed by atoms with Gasteiger partial charge in [-0.15, -0.1) is 10.2 Å². The number of carbonyl (C=O) groups is 1. The number of amides is 1. The molecule has 0 spiro atoms. The molecule has 0 bridgehead atoms. The highest BCUT2D eigenvalue weighted by atomic mass is 32.2. The maximum Gasteiger partial charge on any atom is 0.250 e. The Morgan fingerprint density at radius 2 is 1.56 bits per heavy atom. The number of hydrogen-bond acceptors (Lipinski definition) is 5. The van der Waals surface area contributed by atoms with Gasteiger partial charge < -0.3 is 0 Å². The molecule has 1 heterocycles. The van der Waals surface area contributed by atoms with Crippen molar-refractivity contribution >= 4 is 34.7 Å². The van der Waals surface area contributed by atoms with E-state index in [0.717, 1.165) is 33.4 Å². The largest absolute Gasteiger partial charge is 0.272 e. The van der Waals surface area contributed by atoms with E-state index in [-0.39, 0.29) is 11.7 Å². The average Bonchev–Trinajstić information content (AvgIpc) is 3.33. The normalized spacial score (nSPS) is 11.2. The quantitative estimate of drug-likeness (QED) is 0.201. The second-order valence-electron chi connectivity index (χ2n) is 7.49. The number of hydrogen-bond donors (Lipinski definition) is 1. The Balaban J connectivity index is 1.31. The van der Waals surface area contributed by atoms with E-state index in [2.05, 4.69) is 32.9 Å². The Morgan fingerprint density at radius 1 is 0.853 bits per heavy atom. The van der Waals surface area contributed by atoms with Gasteiger partial charge in [0.25, 0.3) is 5.91 Å². The zero-order valence-electron chi connectivity index (χ0n) is 18.2. The van der Waals surface area contributed by atoms with Gasteiger partial charge in [0.05, 0.1) is 12.0 Å². The molecule has 0 aliphatic carbocycles. The number of rotatable bonds is 7. The Labute approximate surface area is 201 Å². The SMILES string of the molecule is O=C(CSc1nnc(-c2ccccc2)n1-c1ccccc1)NN=Cc1cccc2ccccc12. The van der Waals surface area contributed by atoms with Crippen LogP contribution in [0.1, 0.15) is 5.56 Å². The first kappa shape index (κ1) is 21.6. The number of thioether (sulfide) groups is 1. The van der Waals surface area contributed by atoms with Crippen molar-refractivity contribution in [1.29, 1.82) is 0 Å². The van der Waals surface area contributed by atoms with E-state index in [9.17, 15) is 4.79 Å². The predicted octanol–water partition coefficient (Wildman–Crippen LogP) is 5.33. The molecule has 0 saturated heterocycles. The maximum atomic E-state index is 12.5. The van der Waals surface area contributed by atoms with Gasteiger partial charge in [0.2, 0.25) is 0 Å². The van der Waals surface area contributed by atoms with Crippen LogP contribution in [0.4, 0.5) is 0 Å². The van der Waals surface area contributed by atoms with Crippen LogP contribution in [0.2, 0.25) is 0 Å². The Kier molecular flexibility index (Phi) is 6.45. The molecule has 0 aliphatic rings. The summed E-state index contributed by atoms with van der Waals surface area (Å²) >= 11 is 1.32. The van der Waals surface area contributed by atoms with E-state index in [4.69, 9.17) is 0 Å². The molecule has 34 heavy (non-hydrogen) atoms. The van der Waals surface area contributed by atoms with Crippen LogP contribution in [0.5, 0.6) is 0 Å². The van der Waals surface area contributed by atoms with Crippen molar-refractivity contribution in [3.8, 4) is 17.1 Å². The number of carbonyl (C=O) groups excluding carboxylic acids is 1. The number of fused-ring (bicyclic) bond motifs is 1. The number of hydrazone groups is 1. The lowest BCUT2D eigenvalue weighted by molar-refractivity contribution is -0.118. The van der Waals surface area contributed by atoms with Crippen LogP contribution in [0, 0.1) is 0 Å². The van der Waals surface area contributed by atoms with Gasteiger partial charge in [-0.25, -0.2) is 5.43 Å². The predicted molar refractivity (Wildman–Crippen MR) is 137 cm³/mol. The lowest BCUT2D eigenvalue weighted by atomic mass is 10.1. The van der Waals surface area contributed by atoms with Crippen LogP contribution in [0.15, 0.2) is 113 Å². The van der Waals surface area contributed by atoms with Gasteiger partial charge in [-0.1, -0.05) is 103 Å². The van der Waals surface area contributed by atoms with Crippen molar-refractivity contribution in [1.82, 2.24) is 20.2 Å². The van der Waals surface area contributed by atoms with Gasteiger partial charge in [-0.2, -0.15) is 5.10 Å². The number of nitrogens with one attached hydrogen (secondary N) is 1. The second-order valence-corrected chi connectivity index (χ2v) is 8.44. The van der Waals surface area contributed by atoms with E-state index in [1.165, 1.54) is 11.8 Å². The van der Waals surface area contributed by atoms with Crippen molar-refractivity contribution in [2.75, 3.05) is 5.75 Å². The highest BCUT2D eigenvalue weighted by Gasteiger charge is 2.17. The fourth-order valence-corrected chi connectivity index (χ4v) is 4.39. The fraction of sp³-hybridized carbons (Fsp3) is 0.0370. The topological polar surface area (TPSA) is 72.2 Å². The van der Waals surface area contributed by atoms with Crippen LogP contribution in [-0.4, -0.2) is 32.6 Å². The summed E-state index contributed by atoms with van der Waals surface area (Å²) in [7, 11) is 0. The summed E-state index contributed by atoms with van der Waals surface area (Å²) < 4.78 is 1.96. The van der Waals surface area contributed by atoms with Crippen molar-refractivity contribution in [3.63, 3.8) is 0 Å². The summed E-state index contributed by atoms with van der Waals surface area (Å²) in [5.41, 5.74) is 5.45. The van der Waals surface area contributed by atoms with Crippen LogP contribution < -0.4 is 5.43 Å². The van der Waals surface area contributed by atoms with Gasteiger partial charge >= 0.3 is 0 Å². The molecule has 1 amide bonds. The smallest absolute Gasteiger partial charge is 0.250 e. The first-order valence-electron chi connectivity index (χ1n) is 10.8. The summed E-state index contributed by atoms with van der Waals surface area (Å²) in [6.07, 6.45) is 1.67. The van der Waals surface area contributed by atoms with Crippen molar-refractivity contribution in [2.24, 2.45) is 5.10 Å². The van der Waals surface area contributed by atoms with Gasteiger partial charge in [-0.05, 0) is 22.9 Å². The first-order valence-corrected chi connectivity index (χ1v) is 11.8. The molecule has 6 nitrogen and oxygen atoms in total. The molecule has 5 rings (SSSR count). The fourth-order valence-electron chi connectivity index (χ4n) is 3.65. The van der Waals surface area contributed by atoms with Gasteiger partial charge in [0, 0.05) is 16.8 Å². The molecule has 7 heteroatoms. The van der Waals surface area contributed by atoms with Crippen LogP contribution in [0.3, 0.4) is 0 Å². The highest BCUT2D eigenvalue weighted by Crippen LogP contribution is 2.27. The molecule has 0 saturated carbocycles. The van der Waals surface area contributed by atoms with E-state index >= 15 is 0 Å². The number of benzene rings is 4. The molecule has 1 N–H and O–H groups in total. The lowest BCUT2D eigenvalue weighted by Gasteiger charge is -2.10. The summed E-state index contributed by atoms with van der Waals surface area (Å²) in [5, 5.41) is 15.8. The zero-order chi connectivity index (χ0) is 23.2. The minimum Gasteiger partial charge on any atom is -0.272 e. The number of aromatic nitrogens is 3. The number of nitrogens with zero attached hydrogens (tertiary/aromatic N) is 4. The van der Waals surface area contributed by atoms with Crippen molar-refractivity contribution in [2.45, 2.75) is 5.16 Å². The third-order valence-electron chi connectivity index (χ3n) is 5.23. The molecule has 0 unspecified atom stereocenters. The van der Waals surface area contributed by atoms with Gasteiger partial charge in [0.15, 0.2) is 11.0 Å². The van der Waals surface area contributed by atoms with Crippen LogP contribution in [-0.2, 0) is 4.79 Å². The Bertz CT molecular complexity index is 1440. The van der Waals surface area contributed by atoms with E-state index in [1.54, 1.807) is 6.21 Å². The number of para-hydroxylation sites is 1. The van der Waals surface area contributed by atoms with Gasteiger partial charge in [-0.3, -0.25) is 9.36 Å². The molecule has 0 atom stereocenters. The third kappa shape index (κ3) is 4.74. The average molecular weight is 464 g/mol. The minimum atomic E-state index is -0.217. The Morgan fingerprint density at radius 3 is 2.38 bits per heavy atom. The first-order chi connectivity index (χ1) is 16.8. The minimum absolute atomic E-state index is 0.159. The molecule has 5 aromatic rings. The maximum absolute atomic E-state index is 12.5. The molecular formula is C27H21N5OS. The summed E-state index contributed by atoms with van der Waals surface area (Å²) in [6, 6.07) is 33.8. The molecular weight excluding hydrogens is 442 g/mol. The second kappa shape index (κ2) is 10.1. The molecule has 0 aliphatic heterocycles. The zero-order valence-corrected chi connectivity index (χ0v) is 19.0. The van der Waals surface area contributed by atoms with Crippen LogP contribution >= 0.6 is 11.8 Å². The lowest BCUT2D eigenvalue weighted by Crippen LogP contribution is -2.20. The molecule has 0 fully saturated rings. The van der Waals surface area contributed by atoms with Crippen LogP contribution in [0.25, 0.3) is 27.8 Å². The monoisotopic (exact) mass is 463 g/mol. The summed E-state index contributed by atoms with van der Waals surface area (Å²) in [5.74, 6) is 0.668.